The molecule has 13 heteroatoms. The van der Waals surface area contributed by atoms with E-state index < -0.39 is 23.0 Å². The molecule has 5 rings (SSSR count). The van der Waals surface area contributed by atoms with E-state index in [1.54, 1.807) is 22.7 Å². The number of nitriles is 1. The number of hydrogen-bond donors (Lipinski definition) is 2. The molecule has 222 valence electrons. The van der Waals surface area contributed by atoms with Crippen LogP contribution in [0.4, 0.5) is 19.0 Å². The van der Waals surface area contributed by atoms with E-state index in [1.165, 1.54) is 30.6 Å². The number of rotatable bonds is 8. The van der Waals surface area contributed by atoms with Crippen LogP contribution in [-0.2, 0) is 11.3 Å². The summed E-state index contributed by atoms with van der Waals surface area (Å²) in [4.78, 5) is 23.4. The van der Waals surface area contributed by atoms with Gasteiger partial charge < -0.3 is 20.7 Å². The standard InChI is InChI=1S/C30H29F3N8O2/c1-30(2,36-3)13-17(14-34)29(42)40-11-5-6-18(40)15-41-28-24(27(35)37-16-38-28)26(39-41)20-10-9-19(12-22(20)32)43-23-8-4-7-21(31)25(23)33/h4,7-10,12-13,16,18,36H,5-6,11,15H2,1-3H3,(H2,35,37,38)/b17-13+/t18-/m0/s1. The van der Waals surface area contributed by atoms with Crippen LogP contribution in [-0.4, -0.2) is 55.7 Å². The van der Waals surface area contributed by atoms with Gasteiger partial charge in [0, 0.05) is 23.7 Å². The van der Waals surface area contributed by atoms with Gasteiger partial charge in [0.1, 0.15) is 41.0 Å². The second kappa shape index (κ2) is 11.7. The number of carbonyl (C=O) groups is 1. The molecule has 1 amide bonds. The molecule has 1 fully saturated rings. The van der Waals surface area contributed by atoms with Crippen molar-refractivity contribution in [2.24, 2.45) is 0 Å². The van der Waals surface area contributed by atoms with Gasteiger partial charge in [0.25, 0.3) is 5.91 Å². The number of nitrogens with zero attached hydrogens (tertiary/aromatic N) is 6. The number of carbonyl (C=O) groups excluding carboxylic acids is 1. The van der Waals surface area contributed by atoms with E-state index in [1.807, 2.05) is 19.9 Å². The van der Waals surface area contributed by atoms with Gasteiger partial charge in [0.2, 0.25) is 5.82 Å². The zero-order valence-corrected chi connectivity index (χ0v) is 23.7. The molecular weight excluding hydrogens is 561 g/mol. The van der Waals surface area contributed by atoms with Crippen LogP contribution >= 0.6 is 0 Å². The van der Waals surface area contributed by atoms with Crippen LogP contribution in [0.3, 0.4) is 0 Å². The summed E-state index contributed by atoms with van der Waals surface area (Å²) >= 11 is 0. The van der Waals surface area contributed by atoms with Gasteiger partial charge in [-0.15, -0.1) is 0 Å². The van der Waals surface area contributed by atoms with Crippen LogP contribution in [0.15, 0.2) is 54.4 Å². The number of benzene rings is 2. The number of anilines is 1. The molecular formula is C30H29F3N8O2. The number of nitrogens with two attached hydrogens (primary N) is 1. The summed E-state index contributed by atoms with van der Waals surface area (Å²) in [5.41, 5.74) is 6.23. The molecule has 0 bridgehead atoms. The Bertz CT molecular complexity index is 1780. The quantitative estimate of drug-likeness (QED) is 0.222. The van der Waals surface area contributed by atoms with E-state index >= 15 is 4.39 Å². The van der Waals surface area contributed by atoms with Gasteiger partial charge >= 0.3 is 0 Å². The summed E-state index contributed by atoms with van der Waals surface area (Å²) in [5, 5.41) is 17.7. The zero-order chi connectivity index (χ0) is 30.9. The van der Waals surface area contributed by atoms with Crippen LogP contribution in [0.2, 0.25) is 0 Å². The Morgan fingerprint density at radius 3 is 2.74 bits per heavy atom. The molecule has 1 atom stereocenters. The third-order valence-corrected chi connectivity index (χ3v) is 7.42. The summed E-state index contributed by atoms with van der Waals surface area (Å²) in [5.74, 6) is -3.78. The largest absolute Gasteiger partial charge is 0.454 e. The predicted molar refractivity (Wildman–Crippen MR) is 153 cm³/mol. The summed E-state index contributed by atoms with van der Waals surface area (Å²) < 4.78 is 50.1. The summed E-state index contributed by atoms with van der Waals surface area (Å²) in [6, 6.07) is 8.99. The molecule has 0 unspecified atom stereocenters. The third-order valence-electron chi connectivity index (χ3n) is 7.42. The topological polar surface area (TPSA) is 135 Å². The van der Waals surface area contributed by atoms with Gasteiger partial charge in [-0.1, -0.05) is 6.07 Å². The Morgan fingerprint density at radius 2 is 2.02 bits per heavy atom. The fraction of sp³-hybridized carbons (Fsp3) is 0.300. The second-order valence-corrected chi connectivity index (χ2v) is 10.7. The number of nitrogen functional groups attached to an aromatic ring is 1. The fourth-order valence-corrected chi connectivity index (χ4v) is 5.01. The molecule has 1 aliphatic heterocycles. The maximum Gasteiger partial charge on any atom is 0.264 e. The first-order valence-corrected chi connectivity index (χ1v) is 13.5. The molecule has 0 radical (unpaired) electrons. The predicted octanol–water partition coefficient (Wildman–Crippen LogP) is 4.72. The van der Waals surface area contributed by atoms with E-state index in [4.69, 9.17) is 10.5 Å². The minimum Gasteiger partial charge on any atom is -0.454 e. The maximum atomic E-state index is 15.5. The number of ether oxygens (including phenoxy) is 1. The van der Waals surface area contributed by atoms with Gasteiger partial charge in [-0.3, -0.25) is 4.79 Å². The van der Waals surface area contributed by atoms with Crippen molar-refractivity contribution in [1.29, 1.82) is 5.26 Å². The highest BCUT2D eigenvalue weighted by atomic mass is 19.2. The molecule has 4 aromatic rings. The highest BCUT2D eigenvalue weighted by Gasteiger charge is 2.33. The summed E-state index contributed by atoms with van der Waals surface area (Å²) in [6.45, 7) is 4.40. The van der Waals surface area contributed by atoms with Crippen LogP contribution in [0.25, 0.3) is 22.3 Å². The van der Waals surface area contributed by atoms with Gasteiger partial charge in [-0.05, 0) is 64.1 Å². The Balaban J connectivity index is 1.47. The van der Waals surface area contributed by atoms with Crippen LogP contribution in [0.1, 0.15) is 26.7 Å². The zero-order valence-electron chi connectivity index (χ0n) is 23.7. The average molecular weight is 591 g/mol. The molecule has 43 heavy (non-hydrogen) atoms. The first-order chi connectivity index (χ1) is 20.5. The molecule has 3 heterocycles. The maximum absolute atomic E-state index is 15.5. The lowest BCUT2D eigenvalue weighted by Gasteiger charge is -2.26. The van der Waals surface area contributed by atoms with Crippen molar-refractivity contribution < 1.29 is 22.7 Å². The number of hydrogen-bond acceptors (Lipinski definition) is 8. The number of amides is 1. The number of likely N-dealkylation sites (tertiary alicyclic amines) is 1. The third kappa shape index (κ3) is 5.87. The molecule has 2 aromatic carbocycles. The van der Waals surface area contributed by atoms with Crippen molar-refractivity contribution in [3.05, 3.63) is 71.8 Å². The van der Waals surface area contributed by atoms with Crippen LogP contribution < -0.4 is 15.8 Å². The number of aromatic nitrogens is 4. The summed E-state index contributed by atoms with van der Waals surface area (Å²) in [7, 11) is 1.75. The highest BCUT2D eigenvalue weighted by Crippen LogP contribution is 2.35. The molecule has 1 saturated heterocycles. The number of likely N-dealkylation sites (N-methyl/N-ethyl adjacent to an activating group) is 1. The Hall–Kier alpha value is -4.96. The first kappa shape index (κ1) is 29.5. The summed E-state index contributed by atoms with van der Waals surface area (Å²) in [6.07, 6.45) is 4.27. The van der Waals surface area contributed by atoms with Crippen molar-refractivity contribution in [1.82, 2.24) is 30.0 Å². The molecule has 0 aliphatic carbocycles. The smallest absolute Gasteiger partial charge is 0.264 e. The van der Waals surface area contributed by atoms with E-state index in [2.05, 4.69) is 20.4 Å². The lowest BCUT2D eigenvalue weighted by Crippen LogP contribution is -2.40. The van der Waals surface area contributed by atoms with Gasteiger partial charge in [0.05, 0.1) is 18.0 Å². The monoisotopic (exact) mass is 590 g/mol. The van der Waals surface area contributed by atoms with E-state index in [-0.39, 0.29) is 52.6 Å². The molecule has 0 saturated carbocycles. The molecule has 1 aliphatic rings. The second-order valence-electron chi connectivity index (χ2n) is 10.7. The Kier molecular flexibility index (Phi) is 8.06. The number of nitrogens with one attached hydrogen (secondary N) is 1. The van der Waals surface area contributed by atoms with E-state index in [0.29, 0.717) is 24.0 Å². The van der Waals surface area contributed by atoms with Crippen LogP contribution in [0, 0.1) is 28.8 Å². The molecule has 2 aromatic heterocycles. The minimum absolute atomic E-state index is 0.0336. The van der Waals surface area contributed by atoms with Gasteiger partial charge in [0.15, 0.2) is 17.2 Å². The van der Waals surface area contributed by atoms with Crippen molar-refractivity contribution >= 4 is 22.8 Å². The Labute approximate surface area is 245 Å². The van der Waals surface area contributed by atoms with Gasteiger partial charge in [-0.2, -0.15) is 14.8 Å². The SMILES string of the molecule is CNC(C)(C)/C=C(\C#N)C(=O)N1CCC[C@H]1Cn1nc(-c2ccc(Oc3cccc(F)c3F)cc2F)c2c(N)ncnc21. The van der Waals surface area contributed by atoms with Crippen molar-refractivity contribution in [2.45, 2.75) is 44.8 Å². The minimum atomic E-state index is -1.19. The van der Waals surface area contributed by atoms with E-state index in [0.717, 1.165) is 18.6 Å². The average Bonchev–Trinajstić information content (AvgIpc) is 3.60. The first-order valence-electron chi connectivity index (χ1n) is 13.5. The normalized spacial score (nSPS) is 15.6. The molecule has 0 spiro atoms. The van der Waals surface area contributed by atoms with Crippen molar-refractivity contribution in [2.75, 3.05) is 19.3 Å². The fourth-order valence-electron chi connectivity index (χ4n) is 5.01. The number of fused-ring (bicyclic) bond motifs is 1. The highest BCUT2D eigenvalue weighted by molar-refractivity contribution is 5.99. The number of halogens is 3. The lowest BCUT2D eigenvalue weighted by atomic mass is 10.0. The van der Waals surface area contributed by atoms with Crippen LogP contribution in [0.5, 0.6) is 11.5 Å². The Morgan fingerprint density at radius 1 is 1.23 bits per heavy atom. The molecule has 3 N–H and O–H groups in total. The van der Waals surface area contributed by atoms with Crippen molar-refractivity contribution in [3.8, 4) is 28.8 Å². The molecule has 10 nitrogen and oxygen atoms in total. The van der Waals surface area contributed by atoms with E-state index in [9.17, 15) is 18.8 Å². The van der Waals surface area contributed by atoms with Gasteiger partial charge in [-0.25, -0.2) is 23.4 Å². The van der Waals surface area contributed by atoms with Crippen molar-refractivity contribution in [3.63, 3.8) is 0 Å². The lowest BCUT2D eigenvalue weighted by molar-refractivity contribution is -0.127.